The fourth-order valence-electron chi connectivity index (χ4n) is 3.52. The Balaban J connectivity index is 1.78. The van der Waals surface area contributed by atoms with Gasteiger partial charge in [-0.1, -0.05) is 20.8 Å². The summed E-state index contributed by atoms with van der Waals surface area (Å²) in [4.78, 5) is 5.05. The first-order valence-electron chi connectivity index (χ1n) is 7.84. The van der Waals surface area contributed by atoms with Crippen LogP contribution in [0.3, 0.4) is 0 Å². The van der Waals surface area contributed by atoms with E-state index in [4.69, 9.17) is 10.5 Å². The molecule has 2 N–H and O–H groups in total. The molecule has 2 aliphatic rings. The van der Waals surface area contributed by atoms with Crippen LogP contribution < -0.4 is 5.73 Å². The molecule has 0 aromatic heterocycles. The van der Waals surface area contributed by atoms with Gasteiger partial charge in [0.15, 0.2) is 0 Å². The monoisotopic (exact) mass is 269 g/mol. The summed E-state index contributed by atoms with van der Waals surface area (Å²) in [6.45, 7) is 14.4. The summed E-state index contributed by atoms with van der Waals surface area (Å²) < 4.78 is 5.94. The van der Waals surface area contributed by atoms with Crippen molar-refractivity contribution in [3.8, 4) is 0 Å². The molecule has 0 spiro atoms. The molecule has 0 radical (unpaired) electrons. The lowest BCUT2D eigenvalue weighted by molar-refractivity contribution is -0.0507. The predicted octanol–water partition coefficient (Wildman–Crippen LogP) is 1.01. The number of morpholine rings is 1. The summed E-state index contributed by atoms with van der Waals surface area (Å²) in [6, 6.07) is 0.346. The smallest absolute Gasteiger partial charge is 0.0829 e. The molecule has 2 rings (SSSR count). The molecule has 0 bridgehead atoms. The largest absolute Gasteiger partial charge is 0.374 e. The molecular formula is C15H31N3O. The highest BCUT2D eigenvalue weighted by molar-refractivity contribution is 4.83. The number of rotatable bonds is 4. The molecule has 0 aromatic carbocycles. The van der Waals surface area contributed by atoms with E-state index >= 15 is 0 Å². The normalized spacial score (nSPS) is 34.9. The zero-order chi connectivity index (χ0) is 13.8. The first-order chi connectivity index (χ1) is 9.02. The number of nitrogens with two attached hydrogens (primary N) is 1. The van der Waals surface area contributed by atoms with Gasteiger partial charge in [0.25, 0.3) is 0 Å². The molecule has 2 saturated heterocycles. The van der Waals surface area contributed by atoms with E-state index < -0.39 is 0 Å². The molecule has 0 amide bonds. The minimum Gasteiger partial charge on any atom is -0.374 e. The zero-order valence-electron chi connectivity index (χ0n) is 12.8. The van der Waals surface area contributed by atoms with Crippen molar-refractivity contribution in [2.75, 3.05) is 45.9 Å². The van der Waals surface area contributed by atoms with Crippen LogP contribution in [0.4, 0.5) is 0 Å². The first-order valence-corrected chi connectivity index (χ1v) is 7.84. The van der Waals surface area contributed by atoms with Crippen LogP contribution in [0.1, 0.15) is 27.2 Å². The number of ether oxygens (including phenoxy) is 1. The molecule has 0 aromatic rings. The lowest BCUT2D eigenvalue weighted by atomic mass is 9.96. The average Bonchev–Trinajstić information content (AvgIpc) is 2.26. The van der Waals surface area contributed by atoms with Crippen LogP contribution in [0.2, 0.25) is 0 Å². The number of likely N-dealkylation sites (tertiary alicyclic amines) is 1. The Morgan fingerprint density at radius 2 is 2.00 bits per heavy atom. The molecule has 112 valence electrons. The Morgan fingerprint density at radius 3 is 2.68 bits per heavy atom. The van der Waals surface area contributed by atoms with Gasteiger partial charge in [0.2, 0.25) is 0 Å². The van der Waals surface area contributed by atoms with Crippen LogP contribution in [0.25, 0.3) is 0 Å². The molecule has 4 heteroatoms. The van der Waals surface area contributed by atoms with Gasteiger partial charge >= 0.3 is 0 Å². The van der Waals surface area contributed by atoms with Gasteiger partial charge in [0.05, 0.1) is 12.7 Å². The van der Waals surface area contributed by atoms with E-state index in [1.165, 1.54) is 19.5 Å². The SMILES string of the molecule is CC(C)CN1CCOC(CN2CC(C)CC(N)C2)C1. The molecule has 0 saturated carbocycles. The maximum absolute atomic E-state index is 6.12. The first kappa shape index (κ1) is 15.2. The fraction of sp³-hybridized carbons (Fsp3) is 1.00. The lowest BCUT2D eigenvalue weighted by Crippen LogP contribution is -2.53. The summed E-state index contributed by atoms with van der Waals surface area (Å²) >= 11 is 0. The van der Waals surface area contributed by atoms with Crippen molar-refractivity contribution in [2.45, 2.75) is 39.3 Å². The summed E-state index contributed by atoms with van der Waals surface area (Å²) in [6.07, 6.45) is 1.53. The van der Waals surface area contributed by atoms with Gasteiger partial charge in [0.1, 0.15) is 0 Å². The van der Waals surface area contributed by atoms with Crippen molar-refractivity contribution in [1.29, 1.82) is 0 Å². The Labute approximate surface area is 118 Å². The number of piperidine rings is 1. The minimum atomic E-state index is 0.346. The van der Waals surface area contributed by atoms with Crippen LogP contribution in [0, 0.1) is 11.8 Å². The van der Waals surface area contributed by atoms with Crippen molar-refractivity contribution < 1.29 is 4.74 Å². The number of hydrogen-bond acceptors (Lipinski definition) is 4. The van der Waals surface area contributed by atoms with Crippen molar-refractivity contribution in [2.24, 2.45) is 17.6 Å². The second-order valence-electron chi connectivity index (χ2n) is 6.97. The van der Waals surface area contributed by atoms with E-state index in [9.17, 15) is 0 Å². The third kappa shape index (κ3) is 5.03. The Kier molecular flexibility index (Phi) is 5.63. The summed E-state index contributed by atoms with van der Waals surface area (Å²) in [5.74, 6) is 1.46. The van der Waals surface area contributed by atoms with Crippen molar-refractivity contribution in [1.82, 2.24) is 9.80 Å². The third-order valence-corrected chi connectivity index (χ3v) is 4.08. The molecule has 3 unspecified atom stereocenters. The summed E-state index contributed by atoms with van der Waals surface area (Å²) in [7, 11) is 0. The van der Waals surface area contributed by atoms with Crippen LogP contribution in [-0.4, -0.2) is 67.8 Å². The van der Waals surface area contributed by atoms with Crippen molar-refractivity contribution in [3.63, 3.8) is 0 Å². The van der Waals surface area contributed by atoms with Gasteiger partial charge in [-0.05, 0) is 18.3 Å². The van der Waals surface area contributed by atoms with E-state index in [2.05, 4.69) is 30.6 Å². The highest BCUT2D eigenvalue weighted by Crippen LogP contribution is 2.17. The standard InChI is InChI=1S/C15H31N3O/c1-12(2)7-17-4-5-19-15(10-17)11-18-8-13(3)6-14(16)9-18/h12-15H,4-11,16H2,1-3H3. The van der Waals surface area contributed by atoms with Crippen LogP contribution in [0.15, 0.2) is 0 Å². The van der Waals surface area contributed by atoms with Crippen LogP contribution in [-0.2, 0) is 4.74 Å². The van der Waals surface area contributed by atoms with Crippen LogP contribution in [0.5, 0.6) is 0 Å². The molecule has 19 heavy (non-hydrogen) atoms. The molecule has 4 nitrogen and oxygen atoms in total. The second kappa shape index (κ2) is 7.02. The summed E-state index contributed by atoms with van der Waals surface area (Å²) in [5, 5.41) is 0. The maximum Gasteiger partial charge on any atom is 0.0829 e. The molecule has 2 heterocycles. The maximum atomic E-state index is 6.12. The highest BCUT2D eigenvalue weighted by atomic mass is 16.5. The predicted molar refractivity (Wildman–Crippen MR) is 79.2 cm³/mol. The van der Waals surface area contributed by atoms with E-state index in [0.717, 1.165) is 44.6 Å². The molecular weight excluding hydrogens is 238 g/mol. The fourth-order valence-corrected chi connectivity index (χ4v) is 3.52. The van der Waals surface area contributed by atoms with E-state index in [-0.39, 0.29) is 0 Å². The van der Waals surface area contributed by atoms with Crippen molar-refractivity contribution >= 4 is 0 Å². The molecule has 3 atom stereocenters. The Hall–Kier alpha value is -0.160. The van der Waals surface area contributed by atoms with Crippen LogP contribution >= 0.6 is 0 Å². The minimum absolute atomic E-state index is 0.346. The lowest BCUT2D eigenvalue weighted by Gasteiger charge is -2.40. The Morgan fingerprint density at radius 1 is 1.21 bits per heavy atom. The van der Waals surface area contributed by atoms with Gasteiger partial charge in [-0.3, -0.25) is 9.80 Å². The molecule has 2 fully saturated rings. The zero-order valence-corrected chi connectivity index (χ0v) is 12.8. The van der Waals surface area contributed by atoms with E-state index in [1.807, 2.05) is 0 Å². The second-order valence-corrected chi connectivity index (χ2v) is 6.97. The molecule has 2 aliphatic heterocycles. The van der Waals surface area contributed by atoms with Gasteiger partial charge < -0.3 is 10.5 Å². The third-order valence-electron chi connectivity index (χ3n) is 4.08. The average molecular weight is 269 g/mol. The molecule has 0 aliphatic carbocycles. The van der Waals surface area contributed by atoms with E-state index in [1.54, 1.807) is 0 Å². The topological polar surface area (TPSA) is 41.7 Å². The summed E-state index contributed by atoms with van der Waals surface area (Å²) in [5.41, 5.74) is 6.12. The Bertz CT molecular complexity index is 262. The highest BCUT2D eigenvalue weighted by Gasteiger charge is 2.27. The van der Waals surface area contributed by atoms with Gasteiger partial charge in [0, 0.05) is 45.3 Å². The van der Waals surface area contributed by atoms with Gasteiger partial charge in [-0.15, -0.1) is 0 Å². The van der Waals surface area contributed by atoms with E-state index in [0.29, 0.717) is 12.1 Å². The van der Waals surface area contributed by atoms with Crippen molar-refractivity contribution in [3.05, 3.63) is 0 Å². The quantitative estimate of drug-likeness (QED) is 0.827. The number of nitrogens with zero attached hydrogens (tertiary/aromatic N) is 2. The van der Waals surface area contributed by atoms with Gasteiger partial charge in [-0.2, -0.15) is 0 Å². The number of hydrogen-bond donors (Lipinski definition) is 1. The van der Waals surface area contributed by atoms with Gasteiger partial charge in [-0.25, -0.2) is 0 Å².